The number of carbonyl (C=O) groups excluding carboxylic acids is 1. The quantitative estimate of drug-likeness (QED) is 0.779. The van der Waals surface area contributed by atoms with E-state index in [0.717, 1.165) is 12.8 Å². The van der Waals surface area contributed by atoms with Crippen molar-refractivity contribution in [3.05, 3.63) is 11.4 Å². The van der Waals surface area contributed by atoms with Gasteiger partial charge in [-0.1, -0.05) is 5.16 Å². The molecule has 0 aromatic carbocycles. The van der Waals surface area contributed by atoms with Crippen LogP contribution < -0.4 is 0 Å². The van der Waals surface area contributed by atoms with Crippen LogP contribution in [0, 0.1) is 12.8 Å². The molecule has 0 saturated carbocycles. The van der Waals surface area contributed by atoms with Crippen molar-refractivity contribution in [1.82, 2.24) is 15.2 Å². The van der Waals surface area contributed by atoms with E-state index in [1.807, 2.05) is 0 Å². The lowest BCUT2D eigenvalue weighted by molar-refractivity contribution is 0.0609. The van der Waals surface area contributed by atoms with Gasteiger partial charge in [0.2, 0.25) is 0 Å². The average molecular weight is 225 g/mol. The smallest absolute Gasteiger partial charge is 0.278 e. The Labute approximate surface area is 93.2 Å². The first kappa shape index (κ1) is 11.1. The van der Waals surface area contributed by atoms with Gasteiger partial charge < -0.3 is 10.0 Å². The van der Waals surface area contributed by atoms with Crippen molar-refractivity contribution in [2.75, 3.05) is 19.7 Å². The predicted molar refractivity (Wildman–Crippen MR) is 54.7 cm³/mol. The summed E-state index contributed by atoms with van der Waals surface area (Å²) in [5.41, 5.74) is 0.787. The number of likely N-dealkylation sites (tertiary alicyclic amines) is 1. The fourth-order valence-corrected chi connectivity index (χ4v) is 1.97. The van der Waals surface area contributed by atoms with E-state index in [9.17, 15) is 4.79 Å². The molecule has 2 rings (SSSR count). The van der Waals surface area contributed by atoms with Crippen LogP contribution in [-0.2, 0) is 0 Å². The maximum absolute atomic E-state index is 12.0. The number of amides is 1. The molecule has 0 spiro atoms. The van der Waals surface area contributed by atoms with Gasteiger partial charge >= 0.3 is 0 Å². The molecule has 1 aromatic heterocycles. The summed E-state index contributed by atoms with van der Waals surface area (Å²) in [5.74, 6) is 0.0229. The standard InChI is InChI=1S/C10H15N3O3/c1-7-9(12-16-11-7)10(15)13-4-2-3-8(5-13)6-14/h8,14H,2-6H2,1H3. The van der Waals surface area contributed by atoms with Crippen LogP contribution in [0.25, 0.3) is 0 Å². The van der Waals surface area contributed by atoms with Gasteiger partial charge in [-0.15, -0.1) is 0 Å². The minimum absolute atomic E-state index is 0.125. The number of rotatable bonds is 2. The number of aryl methyl sites for hydroxylation is 1. The summed E-state index contributed by atoms with van der Waals surface area (Å²) >= 11 is 0. The fraction of sp³-hybridized carbons (Fsp3) is 0.700. The minimum atomic E-state index is -0.156. The van der Waals surface area contributed by atoms with Crippen molar-refractivity contribution in [1.29, 1.82) is 0 Å². The van der Waals surface area contributed by atoms with Crippen LogP contribution in [-0.4, -0.2) is 45.9 Å². The molecule has 88 valence electrons. The molecule has 1 aromatic rings. The molecule has 1 atom stereocenters. The largest absolute Gasteiger partial charge is 0.396 e. The number of aromatic nitrogens is 2. The van der Waals surface area contributed by atoms with Gasteiger partial charge in [0, 0.05) is 19.7 Å². The molecule has 1 amide bonds. The summed E-state index contributed by atoms with van der Waals surface area (Å²) in [4.78, 5) is 13.7. The zero-order valence-electron chi connectivity index (χ0n) is 9.22. The maximum atomic E-state index is 12.0. The van der Waals surface area contributed by atoms with Gasteiger partial charge in [-0.3, -0.25) is 4.79 Å². The Morgan fingerprint density at radius 2 is 2.44 bits per heavy atom. The normalized spacial score (nSPS) is 21.1. The van der Waals surface area contributed by atoms with E-state index in [-0.39, 0.29) is 24.1 Å². The Balaban J connectivity index is 2.07. The maximum Gasteiger partial charge on any atom is 0.278 e. The first-order valence-corrected chi connectivity index (χ1v) is 5.41. The van der Waals surface area contributed by atoms with Crippen molar-refractivity contribution < 1.29 is 14.5 Å². The second-order valence-corrected chi connectivity index (χ2v) is 4.14. The van der Waals surface area contributed by atoms with E-state index in [4.69, 9.17) is 5.11 Å². The Bertz CT molecular complexity index is 377. The highest BCUT2D eigenvalue weighted by molar-refractivity contribution is 5.93. The van der Waals surface area contributed by atoms with Crippen molar-refractivity contribution in [3.63, 3.8) is 0 Å². The van der Waals surface area contributed by atoms with Gasteiger partial charge in [0.1, 0.15) is 5.69 Å². The number of aliphatic hydroxyl groups excluding tert-OH is 1. The third kappa shape index (κ3) is 2.06. The average Bonchev–Trinajstić information content (AvgIpc) is 2.74. The Kier molecular flexibility index (Phi) is 3.19. The lowest BCUT2D eigenvalue weighted by Gasteiger charge is -2.31. The molecule has 1 N–H and O–H groups in total. The molecule has 0 aliphatic carbocycles. The Morgan fingerprint density at radius 3 is 3.06 bits per heavy atom. The van der Waals surface area contributed by atoms with E-state index in [0.29, 0.717) is 18.8 Å². The van der Waals surface area contributed by atoms with E-state index < -0.39 is 0 Å². The molecule has 0 radical (unpaired) electrons. The molecule has 2 heterocycles. The Hall–Kier alpha value is -1.43. The summed E-state index contributed by atoms with van der Waals surface area (Å²) in [6.07, 6.45) is 1.89. The highest BCUT2D eigenvalue weighted by atomic mass is 16.6. The molecule has 1 aliphatic heterocycles. The molecule has 6 nitrogen and oxygen atoms in total. The molecule has 6 heteroatoms. The van der Waals surface area contributed by atoms with Crippen molar-refractivity contribution in [2.24, 2.45) is 5.92 Å². The van der Waals surface area contributed by atoms with Crippen molar-refractivity contribution in [3.8, 4) is 0 Å². The van der Waals surface area contributed by atoms with E-state index in [1.54, 1.807) is 11.8 Å². The second kappa shape index (κ2) is 4.61. The number of hydrogen-bond donors (Lipinski definition) is 1. The van der Waals surface area contributed by atoms with Gasteiger partial charge in [0.25, 0.3) is 5.91 Å². The number of aliphatic hydroxyl groups is 1. The number of hydrogen-bond acceptors (Lipinski definition) is 5. The van der Waals surface area contributed by atoms with Gasteiger partial charge in [-0.05, 0) is 30.8 Å². The first-order chi connectivity index (χ1) is 7.72. The molecule has 1 unspecified atom stereocenters. The Morgan fingerprint density at radius 1 is 1.62 bits per heavy atom. The predicted octanol–water partition coefficient (Wildman–Crippen LogP) is 0.223. The van der Waals surface area contributed by atoms with Crippen LogP contribution in [0.5, 0.6) is 0 Å². The van der Waals surface area contributed by atoms with Gasteiger partial charge in [0.05, 0.1) is 0 Å². The summed E-state index contributed by atoms with van der Waals surface area (Å²) in [6.45, 7) is 3.11. The fourth-order valence-electron chi connectivity index (χ4n) is 1.97. The SMILES string of the molecule is Cc1nonc1C(=O)N1CCCC(CO)C1. The van der Waals surface area contributed by atoms with E-state index in [1.165, 1.54) is 0 Å². The molecule has 1 saturated heterocycles. The van der Waals surface area contributed by atoms with Crippen LogP contribution in [0.1, 0.15) is 29.0 Å². The summed E-state index contributed by atoms with van der Waals surface area (Å²) in [5, 5.41) is 16.3. The van der Waals surface area contributed by atoms with Crippen LogP contribution in [0.4, 0.5) is 0 Å². The number of nitrogens with zero attached hydrogens (tertiary/aromatic N) is 3. The number of piperidine rings is 1. The van der Waals surface area contributed by atoms with Gasteiger partial charge in [0.15, 0.2) is 5.69 Å². The highest BCUT2D eigenvalue weighted by Crippen LogP contribution is 2.18. The lowest BCUT2D eigenvalue weighted by atomic mass is 9.99. The van der Waals surface area contributed by atoms with Gasteiger partial charge in [-0.25, -0.2) is 4.63 Å². The van der Waals surface area contributed by atoms with E-state index >= 15 is 0 Å². The van der Waals surface area contributed by atoms with Crippen molar-refractivity contribution >= 4 is 5.91 Å². The molecule has 16 heavy (non-hydrogen) atoms. The zero-order chi connectivity index (χ0) is 11.5. The second-order valence-electron chi connectivity index (χ2n) is 4.14. The molecule has 1 aliphatic rings. The lowest BCUT2D eigenvalue weighted by Crippen LogP contribution is -2.41. The highest BCUT2D eigenvalue weighted by Gasteiger charge is 2.27. The van der Waals surface area contributed by atoms with Crippen LogP contribution >= 0.6 is 0 Å². The molecule has 1 fully saturated rings. The minimum Gasteiger partial charge on any atom is -0.396 e. The number of carbonyl (C=O) groups is 1. The first-order valence-electron chi connectivity index (χ1n) is 5.41. The third-order valence-corrected chi connectivity index (χ3v) is 2.92. The van der Waals surface area contributed by atoms with Crippen LogP contribution in [0.3, 0.4) is 0 Å². The molecular weight excluding hydrogens is 210 g/mol. The zero-order valence-corrected chi connectivity index (χ0v) is 9.22. The summed E-state index contributed by atoms with van der Waals surface area (Å²) < 4.78 is 4.51. The summed E-state index contributed by atoms with van der Waals surface area (Å²) in [7, 11) is 0. The molecule has 0 bridgehead atoms. The van der Waals surface area contributed by atoms with E-state index in [2.05, 4.69) is 14.9 Å². The third-order valence-electron chi connectivity index (χ3n) is 2.92. The molecular formula is C10H15N3O3. The monoisotopic (exact) mass is 225 g/mol. The van der Waals surface area contributed by atoms with Crippen LogP contribution in [0.2, 0.25) is 0 Å². The summed E-state index contributed by atoms with van der Waals surface area (Å²) in [6, 6.07) is 0. The topological polar surface area (TPSA) is 79.5 Å². The van der Waals surface area contributed by atoms with Crippen LogP contribution in [0.15, 0.2) is 4.63 Å². The van der Waals surface area contributed by atoms with Crippen molar-refractivity contribution in [2.45, 2.75) is 19.8 Å². The van der Waals surface area contributed by atoms with Gasteiger partial charge in [-0.2, -0.15) is 0 Å².